The van der Waals surface area contributed by atoms with Crippen molar-refractivity contribution in [2.75, 3.05) is 0 Å². The van der Waals surface area contributed by atoms with E-state index in [1.165, 1.54) is 0 Å². The highest BCUT2D eigenvalue weighted by Gasteiger charge is 1.76. The van der Waals surface area contributed by atoms with Crippen LogP contribution in [0.4, 0.5) is 0 Å². The quantitative estimate of drug-likeness (QED) is 0.497. The summed E-state index contributed by atoms with van der Waals surface area (Å²) in [7, 11) is 0. The lowest BCUT2D eigenvalue weighted by Gasteiger charge is -1.86. The minimum atomic E-state index is 1.00. The van der Waals surface area contributed by atoms with E-state index in [4.69, 9.17) is 0 Å². The average molecular weight is 185 g/mol. The molecule has 0 amide bonds. The van der Waals surface area contributed by atoms with Crippen molar-refractivity contribution in [3.05, 3.63) is 67.2 Å². The van der Waals surface area contributed by atoms with Crippen LogP contribution in [0.25, 0.3) is 0 Å². The summed E-state index contributed by atoms with van der Waals surface area (Å²) in [5.41, 5.74) is 0. The maximum absolute atomic E-state index is 2.19. The molecule has 0 spiro atoms. The van der Waals surface area contributed by atoms with Crippen LogP contribution >= 0.6 is 0 Å². The zero-order valence-electron chi connectivity index (χ0n) is 8.47. The summed E-state index contributed by atoms with van der Waals surface area (Å²) < 4.78 is 0. The minimum Gasteiger partial charge on any atom is -0.0844 e. The van der Waals surface area contributed by atoms with Crippen molar-refractivity contribution in [3.8, 4) is 0 Å². The highest BCUT2D eigenvalue weighted by Crippen LogP contribution is 1.96. The summed E-state index contributed by atoms with van der Waals surface area (Å²) in [5, 5.41) is 0. The monoisotopic (exact) mass is 185 g/mol. The van der Waals surface area contributed by atoms with Gasteiger partial charge in [-0.25, -0.2) is 0 Å². The van der Waals surface area contributed by atoms with E-state index >= 15 is 0 Å². The van der Waals surface area contributed by atoms with E-state index in [0.29, 0.717) is 0 Å². The smallest absolute Gasteiger partial charge is 0.0130 e. The predicted molar refractivity (Wildman–Crippen MR) is 63.9 cm³/mol. The predicted octanol–water partition coefficient (Wildman–Crippen LogP) is 4.16. The van der Waals surface area contributed by atoms with Gasteiger partial charge in [0.2, 0.25) is 0 Å². The molecule has 0 bridgehead atoms. The molecule has 1 rings (SSSR count). The van der Waals surface area contributed by atoms with Crippen molar-refractivity contribution in [1.29, 1.82) is 0 Å². The van der Waals surface area contributed by atoms with Gasteiger partial charge < -0.3 is 0 Å². The minimum absolute atomic E-state index is 1.00. The highest BCUT2D eigenvalue weighted by molar-refractivity contribution is 5.12. The summed E-state index contributed by atoms with van der Waals surface area (Å²) >= 11 is 0. The van der Waals surface area contributed by atoms with Gasteiger partial charge >= 0.3 is 0 Å². The Bertz CT molecular complexity index is 234. The Morgan fingerprint density at radius 1 is 0.429 bits per heavy atom. The third-order valence-corrected chi connectivity index (χ3v) is 1.86. The molecule has 0 N–H and O–H groups in total. The second kappa shape index (κ2) is 8.31. The molecule has 0 heteroatoms. The number of hydrogen-bond acceptors (Lipinski definition) is 0. The van der Waals surface area contributed by atoms with Gasteiger partial charge in [-0.3, -0.25) is 0 Å². The van der Waals surface area contributed by atoms with Crippen molar-refractivity contribution in [1.82, 2.24) is 0 Å². The summed E-state index contributed by atoms with van der Waals surface area (Å²) in [4.78, 5) is 0. The lowest BCUT2D eigenvalue weighted by atomic mass is 10.2. The topological polar surface area (TPSA) is 0 Å². The van der Waals surface area contributed by atoms with Gasteiger partial charge in [-0.05, 0) is 25.7 Å². The maximum Gasteiger partial charge on any atom is -0.0130 e. The van der Waals surface area contributed by atoms with Crippen LogP contribution in [0.1, 0.15) is 19.3 Å². The van der Waals surface area contributed by atoms with E-state index in [2.05, 4.69) is 67.2 Å². The van der Waals surface area contributed by atoms with E-state index in [9.17, 15) is 0 Å². The SMILES string of the molecule is [CH]1/C=C/C=C/C/C=C\C/C=C\C=C\C1. The summed E-state index contributed by atoms with van der Waals surface area (Å²) in [6.45, 7) is 0. The molecule has 0 saturated carbocycles. The van der Waals surface area contributed by atoms with Crippen molar-refractivity contribution in [2.45, 2.75) is 19.3 Å². The molecule has 0 aromatic heterocycles. The Hall–Kier alpha value is -1.30. The molecule has 0 atom stereocenters. The Kier molecular flexibility index (Phi) is 6.39. The fourth-order valence-electron chi connectivity index (χ4n) is 1.12. The van der Waals surface area contributed by atoms with Crippen molar-refractivity contribution in [2.24, 2.45) is 0 Å². The fraction of sp³-hybridized carbons (Fsp3) is 0.214. The van der Waals surface area contributed by atoms with Crippen molar-refractivity contribution in [3.63, 3.8) is 0 Å². The van der Waals surface area contributed by atoms with Gasteiger partial charge in [0.05, 0.1) is 0 Å². The number of allylic oxidation sites excluding steroid dienone is 10. The first-order valence-electron chi connectivity index (χ1n) is 5.12. The van der Waals surface area contributed by atoms with E-state index in [1.807, 2.05) is 0 Å². The van der Waals surface area contributed by atoms with Gasteiger partial charge in [0.25, 0.3) is 0 Å². The second-order valence-electron chi connectivity index (χ2n) is 3.08. The first-order chi connectivity index (χ1) is 7.00. The molecule has 1 aliphatic carbocycles. The number of rotatable bonds is 0. The van der Waals surface area contributed by atoms with E-state index in [1.54, 1.807) is 0 Å². The molecule has 0 unspecified atom stereocenters. The standard InChI is InChI=1S/C14H17/c1-2-4-6-8-10-12-14-13-11-9-7-5-3-1/h1-5,8-12,14H,6-7,13H2/b2-1+,5-3+,10-8+,11-9-,14-12-. The zero-order chi connectivity index (χ0) is 9.90. The third-order valence-electron chi connectivity index (χ3n) is 1.86. The van der Waals surface area contributed by atoms with Crippen molar-refractivity contribution >= 4 is 0 Å². The van der Waals surface area contributed by atoms with Crippen LogP contribution in [0.3, 0.4) is 0 Å². The second-order valence-corrected chi connectivity index (χ2v) is 3.08. The molecule has 0 aromatic carbocycles. The Morgan fingerprint density at radius 3 is 1.71 bits per heavy atom. The Labute approximate surface area is 87.0 Å². The normalized spacial score (nSPS) is 29.7. The Balaban J connectivity index is 2.45. The largest absolute Gasteiger partial charge is 0.0844 e. The van der Waals surface area contributed by atoms with Crippen LogP contribution < -0.4 is 0 Å². The first kappa shape index (κ1) is 10.8. The lowest BCUT2D eigenvalue weighted by Crippen LogP contribution is -1.66. The van der Waals surface area contributed by atoms with Gasteiger partial charge in [-0.2, -0.15) is 0 Å². The van der Waals surface area contributed by atoms with Crippen molar-refractivity contribution < 1.29 is 0 Å². The van der Waals surface area contributed by atoms with Crippen LogP contribution in [-0.2, 0) is 0 Å². The Morgan fingerprint density at radius 2 is 1.00 bits per heavy atom. The van der Waals surface area contributed by atoms with Crippen LogP contribution in [-0.4, -0.2) is 0 Å². The molecular formula is C14H17. The van der Waals surface area contributed by atoms with Gasteiger partial charge in [0.1, 0.15) is 0 Å². The lowest BCUT2D eigenvalue weighted by molar-refractivity contribution is 1.28. The highest BCUT2D eigenvalue weighted by atomic mass is 13.8. The van der Waals surface area contributed by atoms with E-state index < -0.39 is 0 Å². The summed E-state index contributed by atoms with van der Waals surface area (Å²) in [5.74, 6) is 0. The molecule has 0 saturated heterocycles. The van der Waals surface area contributed by atoms with E-state index in [-0.39, 0.29) is 0 Å². The molecule has 1 radical (unpaired) electrons. The molecule has 0 nitrogen and oxygen atoms in total. The fourth-order valence-corrected chi connectivity index (χ4v) is 1.12. The molecule has 1 aliphatic rings. The summed E-state index contributed by atoms with van der Waals surface area (Å²) in [6, 6.07) is 0. The van der Waals surface area contributed by atoms with Gasteiger partial charge in [-0.15, -0.1) is 0 Å². The third kappa shape index (κ3) is 6.24. The van der Waals surface area contributed by atoms with Gasteiger partial charge in [0, 0.05) is 0 Å². The van der Waals surface area contributed by atoms with Gasteiger partial charge in [0.15, 0.2) is 0 Å². The maximum atomic E-state index is 2.19. The molecule has 73 valence electrons. The molecule has 0 heterocycles. The van der Waals surface area contributed by atoms with Gasteiger partial charge in [-0.1, -0.05) is 60.8 Å². The molecule has 0 fully saturated rings. The summed E-state index contributed by atoms with van der Waals surface area (Å²) in [6.07, 6.45) is 26.5. The average Bonchev–Trinajstić information content (AvgIpc) is 2.22. The molecule has 0 aromatic rings. The molecule has 0 aliphatic heterocycles. The van der Waals surface area contributed by atoms with E-state index in [0.717, 1.165) is 19.3 Å². The van der Waals surface area contributed by atoms with Crippen LogP contribution in [0.2, 0.25) is 0 Å². The zero-order valence-corrected chi connectivity index (χ0v) is 8.47. The van der Waals surface area contributed by atoms with Crippen LogP contribution in [0, 0.1) is 6.42 Å². The first-order valence-corrected chi connectivity index (χ1v) is 5.12. The molecular weight excluding hydrogens is 168 g/mol. The number of hydrogen-bond donors (Lipinski definition) is 0. The van der Waals surface area contributed by atoms with Crippen LogP contribution in [0.15, 0.2) is 60.8 Å². The molecule has 14 heavy (non-hydrogen) atoms. The van der Waals surface area contributed by atoms with Crippen LogP contribution in [0.5, 0.6) is 0 Å².